The first-order valence-electron chi connectivity index (χ1n) is 6.02. The topological polar surface area (TPSA) is 65.2 Å². The number of Topliss-reactive ketones (excluding diaryl/α,β-unsaturated/α-hetero) is 1. The van der Waals surface area contributed by atoms with Crippen LogP contribution in [0.1, 0.15) is 42.6 Å². The molecule has 0 spiro atoms. The number of unbranched alkanes of at least 4 members (excludes halogenated alkanes) is 3. The Balaban J connectivity index is 2.41. The van der Waals surface area contributed by atoms with Crippen LogP contribution in [-0.2, 0) is 0 Å². The maximum absolute atomic E-state index is 11.9. The minimum atomic E-state index is 0.0511. The summed E-state index contributed by atoms with van der Waals surface area (Å²) in [6, 6.07) is 3.52. The second-order valence-electron chi connectivity index (χ2n) is 3.93. The first kappa shape index (κ1) is 13.6. The quantitative estimate of drug-likeness (QED) is 0.555. The number of aromatic nitrogens is 1. The number of carbonyl (C=O) groups excluding carboxylic acids is 1. The summed E-state index contributed by atoms with van der Waals surface area (Å²) in [4.78, 5) is 16.0. The summed E-state index contributed by atoms with van der Waals surface area (Å²) >= 11 is 0. The van der Waals surface area contributed by atoms with E-state index < -0.39 is 0 Å². The number of hydrogen-bond donors (Lipinski definition) is 1. The number of methoxy groups -OCH3 is 1. The van der Waals surface area contributed by atoms with Gasteiger partial charge in [0.05, 0.1) is 7.11 Å². The number of ketones is 1. The molecule has 1 aromatic rings. The van der Waals surface area contributed by atoms with Crippen LogP contribution in [0.2, 0.25) is 0 Å². The van der Waals surface area contributed by atoms with Gasteiger partial charge in [-0.15, -0.1) is 0 Å². The third kappa shape index (κ3) is 4.53. The molecule has 0 bridgehead atoms. The summed E-state index contributed by atoms with van der Waals surface area (Å²) in [5, 5.41) is 0. The molecule has 0 fully saturated rings. The van der Waals surface area contributed by atoms with Crippen LogP contribution < -0.4 is 10.5 Å². The number of rotatable bonds is 8. The molecule has 0 aliphatic heterocycles. The van der Waals surface area contributed by atoms with Gasteiger partial charge in [-0.1, -0.05) is 12.8 Å². The molecule has 0 atom stereocenters. The van der Waals surface area contributed by atoms with E-state index in [0.717, 1.165) is 32.2 Å². The monoisotopic (exact) mass is 236 g/mol. The van der Waals surface area contributed by atoms with Gasteiger partial charge in [0.2, 0.25) is 0 Å². The average Bonchev–Trinajstić information content (AvgIpc) is 2.38. The fraction of sp³-hybridized carbons (Fsp3) is 0.538. The van der Waals surface area contributed by atoms with Crippen molar-refractivity contribution in [2.75, 3.05) is 13.7 Å². The number of nitrogens with two attached hydrogens (primary N) is 1. The highest BCUT2D eigenvalue weighted by Crippen LogP contribution is 2.17. The van der Waals surface area contributed by atoms with Crippen molar-refractivity contribution in [3.63, 3.8) is 0 Å². The van der Waals surface area contributed by atoms with Crippen molar-refractivity contribution in [3.05, 3.63) is 24.0 Å². The van der Waals surface area contributed by atoms with E-state index in [1.165, 1.54) is 0 Å². The largest absolute Gasteiger partial charge is 0.494 e. The summed E-state index contributed by atoms with van der Waals surface area (Å²) in [6.45, 7) is 0.724. The van der Waals surface area contributed by atoms with E-state index in [1.807, 2.05) is 0 Å². The number of pyridine rings is 1. The van der Waals surface area contributed by atoms with Crippen LogP contribution in [0.15, 0.2) is 18.3 Å². The van der Waals surface area contributed by atoms with Crippen LogP contribution in [-0.4, -0.2) is 24.4 Å². The number of ether oxygens (including phenoxy) is 1. The number of carbonyl (C=O) groups is 1. The molecule has 17 heavy (non-hydrogen) atoms. The van der Waals surface area contributed by atoms with E-state index in [1.54, 1.807) is 25.4 Å². The van der Waals surface area contributed by atoms with Crippen molar-refractivity contribution in [2.45, 2.75) is 32.1 Å². The third-order valence-electron chi connectivity index (χ3n) is 2.61. The Kier molecular flexibility index (Phi) is 6.25. The zero-order valence-electron chi connectivity index (χ0n) is 10.3. The van der Waals surface area contributed by atoms with Gasteiger partial charge in [0.1, 0.15) is 11.4 Å². The predicted molar refractivity (Wildman–Crippen MR) is 67.3 cm³/mol. The smallest absolute Gasteiger partial charge is 0.184 e. The van der Waals surface area contributed by atoms with Gasteiger partial charge < -0.3 is 10.5 Å². The van der Waals surface area contributed by atoms with Gasteiger partial charge >= 0.3 is 0 Å². The Morgan fingerprint density at radius 3 is 2.82 bits per heavy atom. The molecule has 4 heteroatoms. The maximum atomic E-state index is 11.9. The van der Waals surface area contributed by atoms with Crippen molar-refractivity contribution in [3.8, 4) is 5.75 Å². The Bertz CT molecular complexity index is 353. The lowest BCUT2D eigenvalue weighted by molar-refractivity contribution is 0.0971. The molecule has 94 valence electrons. The molecule has 1 rings (SSSR count). The second-order valence-corrected chi connectivity index (χ2v) is 3.93. The van der Waals surface area contributed by atoms with E-state index >= 15 is 0 Å². The molecular weight excluding hydrogens is 216 g/mol. The van der Waals surface area contributed by atoms with Gasteiger partial charge in [-0.2, -0.15) is 0 Å². The fourth-order valence-electron chi connectivity index (χ4n) is 1.67. The minimum absolute atomic E-state index is 0.0511. The van der Waals surface area contributed by atoms with Crippen LogP contribution >= 0.6 is 0 Å². The molecule has 4 nitrogen and oxygen atoms in total. The molecule has 1 heterocycles. The molecule has 1 aromatic heterocycles. The fourth-order valence-corrected chi connectivity index (χ4v) is 1.67. The van der Waals surface area contributed by atoms with Crippen molar-refractivity contribution in [1.29, 1.82) is 0 Å². The van der Waals surface area contributed by atoms with Crippen LogP contribution in [0.4, 0.5) is 0 Å². The highest BCUT2D eigenvalue weighted by atomic mass is 16.5. The van der Waals surface area contributed by atoms with Crippen LogP contribution in [0.3, 0.4) is 0 Å². The molecule has 0 aliphatic rings. The van der Waals surface area contributed by atoms with Crippen molar-refractivity contribution >= 4 is 5.78 Å². The van der Waals surface area contributed by atoms with Crippen LogP contribution in [0, 0.1) is 0 Å². The first-order valence-corrected chi connectivity index (χ1v) is 6.02. The van der Waals surface area contributed by atoms with Gasteiger partial charge in [-0.05, 0) is 31.5 Å². The lowest BCUT2D eigenvalue weighted by Gasteiger charge is -2.05. The van der Waals surface area contributed by atoms with Crippen LogP contribution in [0.5, 0.6) is 5.75 Å². The summed E-state index contributed by atoms with van der Waals surface area (Å²) in [5.41, 5.74) is 5.84. The van der Waals surface area contributed by atoms with E-state index in [9.17, 15) is 4.79 Å². The number of hydrogen-bond acceptors (Lipinski definition) is 4. The predicted octanol–water partition coefficient (Wildman–Crippen LogP) is 2.18. The third-order valence-corrected chi connectivity index (χ3v) is 2.61. The van der Waals surface area contributed by atoms with E-state index in [2.05, 4.69) is 4.98 Å². The molecule has 0 aliphatic carbocycles. The SMILES string of the molecule is COc1cccnc1C(=O)CCCCCCN. The Hall–Kier alpha value is -1.42. The Morgan fingerprint density at radius 1 is 1.35 bits per heavy atom. The van der Waals surface area contributed by atoms with Gasteiger partial charge in [0.15, 0.2) is 5.78 Å². The molecule has 0 aromatic carbocycles. The molecule has 2 N–H and O–H groups in total. The zero-order chi connectivity index (χ0) is 12.5. The Morgan fingerprint density at radius 2 is 2.12 bits per heavy atom. The molecule has 0 unspecified atom stereocenters. The molecule has 0 saturated carbocycles. The highest BCUT2D eigenvalue weighted by molar-refractivity contribution is 5.96. The standard InChI is InChI=1S/C13H20N2O2/c1-17-12-8-6-10-15-13(12)11(16)7-4-2-3-5-9-14/h6,8,10H,2-5,7,9,14H2,1H3. The van der Waals surface area contributed by atoms with Crippen molar-refractivity contribution in [2.24, 2.45) is 5.73 Å². The average molecular weight is 236 g/mol. The minimum Gasteiger partial charge on any atom is -0.494 e. The lowest BCUT2D eigenvalue weighted by Crippen LogP contribution is -2.05. The lowest BCUT2D eigenvalue weighted by atomic mass is 10.1. The molecule has 0 saturated heterocycles. The van der Waals surface area contributed by atoms with Crippen molar-refractivity contribution in [1.82, 2.24) is 4.98 Å². The number of nitrogens with zero attached hydrogens (tertiary/aromatic N) is 1. The van der Waals surface area contributed by atoms with Gasteiger partial charge in [0.25, 0.3) is 0 Å². The summed E-state index contributed by atoms with van der Waals surface area (Å²) in [5.74, 6) is 0.606. The second kappa shape index (κ2) is 7.79. The summed E-state index contributed by atoms with van der Waals surface area (Å²) in [6.07, 6.45) is 6.18. The molecular formula is C13H20N2O2. The maximum Gasteiger partial charge on any atom is 0.184 e. The summed E-state index contributed by atoms with van der Waals surface area (Å²) in [7, 11) is 1.55. The molecule has 0 amide bonds. The first-order chi connectivity index (χ1) is 8.29. The summed E-state index contributed by atoms with van der Waals surface area (Å²) < 4.78 is 5.11. The van der Waals surface area contributed by atoms with Gasteiger partial charge in [-0.25, -0.2) is 4.98 Å². The highest BCUT2D eigenvalue weighted by Gasteiger charge is 2.12. The van der Waals surface area contributed by atoms with E-state index in [4.69, 9.17) is 10.5 Å². The van der Waals surface area contributed by atoms with Gasteiger partial charge in [-0.3, -0.25) is 4.79 Å². The molecule has 0 radical (unpaired) electrons. The normalized spacial score (nSPS) is 10.2. The zero-order valence-corrected chi connectivity index (χ0v) is 10.3. The van der Waals surface area contributed by atoms with Crippen LogP contribution in [0.25, 0.3) is 0 Å². The Labute approximate surface area is 102 Å². The van der Waals surface area contributed by atoms with Crippen molar-refractivity contribution < 1.29 is 9.53 Å². The van der Waals surface area contributed by atoms with E-state index in [-0.39, 0.29) is 5.78 Å². The van der Waals surface area contributed by atoms with Gasteiger partial charge in [0, 0.05) is 12.6 Å². The van der Waals surface area contributed by atoms with E-state index in [0.29, 0.717) is 17.9 Å².